The number of ether oxygens (including phenoxy) is 1. The first-order valence-corrected chi connectivity index (χ1v) is 15.0. The largest absolute Gasteiger partial charge is 0.481 e. The van der Waals surface area contributed by atoms with E-state index < -0.39 is 48.5 Å². The summed E-state index contributed by atoms with van der Waals surface area (Å²) in [5.74, 6) is -7.78. The highest BCUT2D eigenvalue weighted by Crippen LogP contribution is 2.31. The van der Waals surface area contributed by atoms with Gasteiger partial charge in [-0.05, 0) is 60.8 Å². The van der Waals surface area contributed by atoms with Gasteiger partial charge in [0, 0.05) is 18.5 Å². The maximum atomic E-state index is 13.1. The van der Waals surface area contributed by atoms with Gasteiger partial charge in [-0.3, -0.25) is 19.2 Å². The number of benzene rings is 6. The first-order valence-electron chi connectivity index (χ1n) is 15.0. The molecule has 0 saturated heterocycles. The van der Waals surface area contributed by atoms with Crippen molar-refractivity contribution in [1.29, 1.82) is 0 Å². The van der Waals surface area contributed by atoms with Crippen LogP contribution in [0.1, 0.15) is 24.0 Å². The van der Waals surface area contributed by atoms with Crippen molar-refractivity contribution in [2.75, 3.05) is 0 Å². The Labute approximate surface area is 264 Å². The number of amides is 1. The molecule has 230 valence electrons. The number of carbonyl (C=O) groups excluding carboxylic acids is 2. The number of carbonyl (C=O) groups is 4. The lowest BCUT2D eigenvalue weighted by atomic mass is 9.86. The van der Waals surface area contributed by atoms with E-state index in [4.69, 9.17) is 4.74 Å². The third-order valence-corrected chi connectivity index (χ3v) is 8.52. The van der Waals surface area contributed by atoms with Gasteiger partial charge in [-0.15, -0.1) is 0 Å². The van der Waals surface area contributed by atoms with Crippen LogP contribution in [0.15, 0.2) is 109 Å². The lowest BCUT2D eigenvalue weighted by Crippen LogP contribution is -2.36. The molecule has 3 N–H and O–H groups in total. The highest BCUT2D eigenvalue weighted by molar-refractivity contribution is 6.03. The number of hydrogen-bond acceptors (Lipinski definition) is 5. The molecule has 0 spiro atoms. The van der Waals surface area contributed by atoms with Gasteiger partial charge in [0.05, 0.1) is 18.3 Å². The van der Waals surface area contributed by atoms with Crippen LogP contribution in [-0.4, -0.2) is 34.0 Å². The van der Waals surface area contributed by atoms with Crippen molar-refractivity contribution in [2.24, 2.45) is 11.8 Å². The topological polar surface area (TPSA) is 130 Å². The summed E-state index contributed by atoms with van der Waals surface area (Å²) in [6.07, 6.45) is -1.31. The molecule has 0 aliphatic carbocycles. The molecular formula is C38H31NO7. The Hall–Kier alpha value is -5.76. The van der Waals surface area contributed by atoms with Crippen molar-refractivity contribution in [3.05, 3.63) is 120 Å². The summed E-state index contributed by atoms with van der Waals surface area (Å²) in [4.78, 5) is 50.6. The van der Waals surface area contributed by atoms with Crippen LogP contribution < -0.4 is 5.32 Å². The van der Waals surface area contributed by atoms with Gasteiger partial charge in [0.25, 0.3) is 0 Å². The Balaban J connectivity index is 1.16. The van der Waals surface area contributed by atoms with Crippen LogP contribution in [0.25, 0.3) is 43.1 Å². The molecule has 0 fully saturated rings. The van der Waals surface area contributed by atoms with Crippen LogP contribution in [0, 0.1) is 11.8 Å². The SMILES string of the molecule is O=C(CC(C(=O)O)C(CC(=O)OCc1c2ccccc2cc2ccccc12)C(=O)O)NCc1c2ccccc2cc2ccccc12. The average Bonchev–Trinajstić information content (AvgIpc) is 3.06. The predicted octanol–water partition coefficient (Wildman–Crippen LogP) is 6.84. The normalized spacial score (nSPS) is 12.6. The highest BCUT2D eigenvalue weighted by Gasteiger charge is 2.37. The van der Waals surface area contributed by atoms with Crippen LogP contribution in [0.3, 0.4) is 0 Å². The fraction of sp³-hybridized carbons (Fsp3) is 0.158. The molecule has 6 rings (SSSR count). The fourth-order valence-electron chi connectivity index (χ4n) is 6.22. The molecule has 2 unspecified atom stereocenters. The molecule has 8 heteroatoms. The lowest BCUT2D eigenvalue weighted by molar-refractivity contribution is -0.160. The number of carboxylic acid groups (broad SMARTS) is 2. The second kappa shape index (κ2) is 13.1. The number of nitrogens with one attached hydrogen (secondary N) is 1. The van der Waals surface area contributed by atoms with E-state index in [1.165, 1.54) is 0 Å². The third-order valence-electron chi connectivity index (χ3n) is 8.52. The zero-order valence-corrected chi connectivity index (χ0v) is 24.8. The van der Waals surface area contributed by atoms with E-state index in [-0.39, 0.29) is 13.2 Å². The van der Waals surface area contributed by atoms with Crippen LogP contribution >= 0.6 is 0 Å². The summed E-state index contributed by atoms with van der Waals surface area (Å²) >= 11 is 0. The Morgan fingerprint density at radius 2 is 0.957 bits per heavy atom. The number of carboxylic acids is 2. The van der Waals surface area contributed by atoms with E-state index in [0.29, 0.717) is 0 Å². The van der Waals surface area contributed by atoms with Gasteiger partial charge >= 0.3 is 17.9 Å². The van der Waals surface area contributed by atoms with Crippen LogP contribution in [-0.2, 0) is 37.1 Å². The van der Waals surface area contributed by atoms with E-state index in [0.717, 1.165) is 54.2 Å². The summed E-state index contributed by atoms with van der Waals surface area (Å²) in [5, 5.41) is 30.3. The Morgan fingerprint density at radius 1 is 0.565 bits per heavy atom. The summed E-state index contributed by atoms with van der Waals surface area (Å²) in [6, 6.07) is 35.0. The lowest BCUT2D eigenvalue weighted by Gasteiger charge is -2.20. The Bertz CT molecular complexity index is 1880. The Kier molecular flexibility index (Phi) is 8.61. The zero-order valence-electron chi connectivity index (χ0n) is 24.8. The first-order chi connectivity index (χ1) is 22.3. The molecule has 6 aromatic rings. The van der Waals surface area contributed by atoms with Gasteiger partial charge in [-0.25, -0.2) is 0 Å². The highest BCUT2D eigenvalue weighted by atomic mass is 16.5. The Morgan fingerprint density at radius 3 is 1.39 bits per heavy atom. The molecule has 6 aromatic carbocycles. The number of esters is 1. The van der Waals surface area contributed by atoms with Gasteiger partial charge in [0.1, 0.15) is 6.61 Å². The summed E-state index contributed by atoms with van der Waals surface area (Å²) in [5.41, 5.74) is 1.64. The van der Waals surface area contributed by atoms with E-state index in [1.807, 2.05) is 103 Å². The van der Waals surface area contributed by atoms with Crippen molar-refractivity contribution in [3.8, 4) is 0 Å². The van der Waals surface area contributed by atoms with Crippen molar-refractivity contribution in [3.63, 3.8) is 0 Å². The molecule has 0 aliphatic rings. The maximum absolute atomic E-state index is 13.1. The zero-order chi connectivity index (χ0) is 32.2. The van der Waals surface area contributed by atoms with E-state index in [9.17, 15) is 29.4 Å². The minimum Gasteiger partial charge on any atom is -0.481 e. The van der Waals surface area contributed by atoms with Gasteiger partial charge in [0.15, 0.2) is 0 Å². The summed E-state index contributed by atoms with van der Waals surface area (Å²) in [7, 11) is 0. The van der Waals surface area contributed by atoms with Gasteiger partial charge in [-0.2, -0.15) is 0 Å². The number of fused-ring (bicyclic) bond motifs is 4. The number of aliphatic carboxylic acids is 2. The molecule has 2 atom stereocenters. The smallest absolute Gasteiger partial charge is 0.307 e. The summed E-state index contributed by atoms with van der Waals surface area (Å²) in [6.45, 7) is -0.00391. The van der Waals surface area contributed by atoms with Crippen molar-refractivity contribution in [1.82, 2.24) is 5.32 Å². The quantitative estimate of drug-likeness (QED) is 0.108. The first kappa shape index (κ1) is 30.3. The van der Waals surface area contributed by atoms with Crippen LogP contribution in [0.2, 0.25) is 0 Å². The second-order valence-corrected chi connectivity index (χ2v) is 11.3. The molecule has 0 aliphatic heterocycles. The average molecular weight is 614 g/mol. The fourth-order valence-corrected chi connectivity index (χ4v) is 6.22. The van der Waals surface area contributed by atoms with Gasteiger partial charge < -0.3 is 20.3 Å². The molecule has 0 saturated carbocycles. The van der Waals surface area contributed by atoms with Crippen molar-refractivity contribution >= 4 is 66.9 Å². The van der Waals surface area contributed by atoms with Crippen molar-refractivity contribution in [2.45, 2.75) is 26.0 Å². The van der Waals surface area contributed by atoms with Crippen molar-refractivity contribution < 1.29 is 34.1 Å². The molecule has 0 bridgehead atoms. The summed E-state index contributed by atoms with van der Waals surface area (Å²) < 4.78 is 5.55. The predicted molar refractivity (Wildman–Crippen MR) is 176 cm³/mol. The van der Waals surface area contributed by atoms with E-state index >= 15 is 0 Å². The van der Waals surface area contributed by atoms with Crippen LogP contribution in [0.4, 0.5) is 0 Å². The standard InChI is InChI=1S/C38H31NO7/c40-35(39-21-33-27-13-5-1-9-23(27)17-24-10-2-6-14-28(24)33)19-31(37(42)43)32(38(44)45)20-36(41)46-22-34-29-15-7-3-11-25(29)18-26-12-4-8-16-30(26)34/h1-18,31-32H,19-22H2,(H,39,40)(H,42,43)(H,44,45). The molecule has 46 heavy (non-hydrogen) atoms. The minimum absolute atomic E-state index is 0.117. The van der Waals surface area contributed by atoms with E-state index in [1.54, 1.807) is 0 Å². The monoisotopic (exact) mass is 613 g/mol. The molecule has 0 radical (unpaired) electrons. The molecule has 0 heterocycles. The van der Waals surface area contributed by atoms with E-state index in [2.05, 4.69) is 11.4 Å². The molecular weight excluding hydrogens is 582 g/mol. The third kappa shape index (κ3) is 6.23. The molecule has 8 nitrogen and oxygen atoms in total. The molecule has 0 aromatic heterocycles. The minimum atomic E-state index is -1.67. The van der Waals surface area contributed by atoms with Crippen LogP contribution in [0.5, 0.6) is 0 Å². The number of hydrogen-bond donors (Lipinski definition) is 3. The molecule has 1 amide bonds. The van der Waals surface area contributed by atoms with Gasteiger partial charge in [-0.1, -0.05) is 97.1 Å². The maximum Gasteiger partial charge on any atom is 0.307 e. The number of rotatable bonds is 11. The van der Waals surface area contributed by atoms with Gasteiger partial charge in [0.2, 0.25) is 5.91 Å². The second-order valence-electron chi connectivity index (χ2n) is 11.3.